The number of hydrogen-bond donors (Lipinski definition) is 0. The number of hydrogen-bond acceptors (Lipinski definition) is 5. The zero-order valence-corrected chi connectivity index (χ0v) is 13.1. The molecule has 3 heterocycles. The van der Waals surface area contributed by atoms with Crippen molar-refractivity contribution < 1.29 is 23.8 Å². The van der Waals surface area contributed by atoms with Gasteiger partial charge in [-0.1, -0.05) is 6.92 Å². The molecule has 3 rings (SSSR count). The summed E-state index contributed by atoms with van der Waals surface area (Å²) in [6.45, 7) is 7.68. The maximum absolute atomic E-state index is 12.1. The number of ether oxygens (including phenoxy) is 3. The van der Waals surface area contributed by atoms with Crippen molar-refractivity contribution >= 4 is 11.9 Å². The molecule has 3 aliphatic rings. The first-order chi connectivity index (χ1) is 9.83. The lowest BCUT2D eigenvalue weighted by molar-refractivity contribution is -0.160. The Balaban J connectivity index is 1.58. The molecule has 118 valence electrons. The van der Waals surface area contributed by atoms with E-state index < -0.39 is 5.41 Å². The standard InChI is InChI=1S/C16H24O5/c1-5-16(3,4)15(18)19-8(2)6-9-11-7-10-13(20-11)12(9)21-14(10)17/h8-13H,5-7H2,1-4H3. The Bertz CT molecular complexity index is 458. The molecule has 0 N–H and O–H groups in total. The molecule has 3 fully saturated rings. The van der Waals surface area contributed by atoms with Crippen molar-refractivity contribution in [3.63, 3.8) is 0 Å². The third-order valence-corrected chi connectivity index (χ3v) is 5.34. The van der Waals surface area contributed by atoms with Gasteiger partial charge in [-0.3, -0.25) is 9.59 Å². The molecule has 0 aliphatic carbocycles. The van der Waals surface area contributed by atoms with Crippen LogP contribution in [0.1, 0.15) is 47.0 Å². The molecule has 3 aliphatic heterocycles. The molecule has 6 atom stereocenters. The molecule has 0 aromatic carbocycles. The first-order valence-corrected chi connectivity index (χ1v) is 7.90. The van der Waals surface area contributed by atoms with Crippen LogP contribution >= 0.6 is 0 Å². The van der Waals surface area contributed by atoms with Gasteiger partial charge in [0.2, 0.25) is 0 Å². The fourth-order valence-corrected chi connectivity index (χ4v) is 3.58. The lowest BCUT2D eigenvalue weighted by atomic mass is 9.79. The van der Waals surface area contributed by atoms with Crippen molar-refractivity contribution in [1.82, 2.24) is 0 Å². The smallest absolute Gasteiger partial charge is 0.312 e. The number of carbonyl (C=O) groups excluding carboxylic acids is 2. The first kappa shape index (κ1) is 14.8. The highest BCUT2D eigenvalue weighted by molar-refractivity contribution is 5.77. The van der Waals surface area contributed by atoms with E-state index in [0.717, 1.165) is 12.8 Å². The van der Waals surface area contributed by atoms with E-state index in [-0.39, 0.29) is 48.2 Å². The lowest BCUT2D eigenvalue weighted by Crippen LogP contribution is -2.36. The van der Waals surface area contributed by atoms with Crippen molar-refractivity contribution in [3.05, 3.63) is 0 Å². The van der Waals surface area contributed by atoms with Gasteiger partial charge in [-0.15, -0.1) is 0 Å². The molecular formula is C16H24O5. The van der Waals surface area contributed by atoms with Crippen molar-refractivity contribution in [2.75, 3.05) is 0 Å². The van der Waals surface area contributed by atoms with Gasteiger partial charge in [0.05, 0.1) is 23.5 Å². The van der Waals surface area contributed by atoms with E-state index >= 15 is 0 Å². The van der Waals surface area contributed by atoms with Gasteiger partial charge >= 0.3 is 11.9 Å². The molecule has 0 radical (unpaired) electrons. The number of fused-ring (bicyclic) bond motifs is 1. The van der Waals surface area contributed by atoms with Gasteiger partial charge in [-0.2, -0.15) is 0 Å². The van der Waals surface area contributed by atoms with Crippen LogP contribution in [-0.4, -0.2) is 36.4 Å². The molecule has 2 bridgehead atoms. The van der Waals surface area contributed by atoms with E-state index in [1.807, 2.05) is 27.7 Å². The fraction of sp³-hybridized carbons (Fsp3) is 0.875. The SMILES string of the molecule is CCC(C)(C)C(=O)OC(C)CC1C2CC3C(=O)OC1C3O2. The summed E-state index contributed by atoms with van der Waals surface area (Å²) in [5.41, 5.74) is -0.454. The third kappa shape index (κ3) is 2.35. The van der Waals surface area contributed by atoms with Crippen LogP contribution < -0.4 is 0 Å². The van der Waals surface area contributed by atoms with Crippen LogP contribution in [-0.2, 0) is 23.8 Å². The molecule has 0 aromatic rings. The van der Waals surface area contributed by atoms with E-state index in [4.69, 9.17) is 14.2 Å². The highest BCUT2D eigenvalue weighted by atomic mass is 16.6. The quantitative estimate of drug-likeness (QED) is 0.727. The highest BCUT2D eigenvalue weighted by Gasteiger charge is 2.63. The molecule has 3 saturated heterocycles. The topological polar surface area (TPSA) is 61.8 Å². The average Bonchev–Trinajstić information content (AvgIpc) is 3.03. The summed E-state index contributed by atoms with van der Waals surface area (Å²) in [7, 11) is 0. The Hall–Kier alpha value is -1.10. The Labute approximate surface area is 125 Å². The van der Waals surface area contributed by atoms with E-state index in [2.05, 4.69) is 0 Å². The third-order valence-electron chi connectivity index (χ3n) is 5.34. The summed E-state index contributed by atoms with van der Waals surface area (Å²) in [5.74, 6) is -0.187. The summed E-state index contributed by atoms with van der Waals surface area (Å²) in [5, 5.41) is 0. The van der Waals surface area contributed by atoms with E-state index in [1.54, 1.807) is 0 Å². The monoisotopic (exact) mass is 296 g/mol. The van der Waals surface area contributed by atoms with E-state index in [9.17, 15) is 9.59 Å². The molecule has 0 amide bonds. The Kier molecular flexibility index (Phi) is 3.51. The predicted octanol–water partition coefficient (Wildman–Crippen LogP) is 2.07. The van der Waals surface area contributed by atoms with Gasteiger partial charge in [-0.05, 0) is 40.0 Å². The van der Waals surface area contributed by atoms with Crippen molar-refractivity contribution in [1.29, 1.82) is 0 Å². The number of carbonyl (C=O) groups is 2. The largest absolute Gasteiger partial charge is 0.462 e. The van der Waals surface area contributed by atoms with Crippen molar-refractivity contribution in [3.8, 4) is 0 Å². The average molecular weight is 296 g/mol. The van der Waals surface area contributed by atoms with Crippen molar-refractivity contribution in [2.24, 2.45) is 17.3 Å². The molecule has 21 heavy (non-hydrogen) atoms. The second-order valence-corrected chi connectivity index (χ2v) is 7.24. The van der Waals surface area contributed by atoms with Crippen LogP contribution in [0.5, 0.6) is 0 Å². The molecule has 6 unspecified atom stereocenters. The van der Waals surface area contributed by atoms with Crippen LogP contribution in [0.25, 0.3) is 0 Å². The Morgan fingerprint density at radius 3 is 2.81 bits per heavy atom. The lowest BCUT2D eigenvalue weighted by Gasteiger charge is -2.27. The first-order valence-electron chi connectivity index (χ1n) is 7.90. The maximum Gasteiger partial charge on any atom is 0.312 e. The highest BCUT2D eigenvalue weighted by Crippen LogP contribution is 2.50. The minimum Gasteiger partial charge on any atom is -0.462 e. The summed E-state index contributed by atoms with van der Waals surface area (Å²) >= 11 is 0. The number of esters is 2. The summed E-state index contributed by atoms with van der Waals surface area (Å²) in [6, 6.07) is 0. The molecule has 0 aromatic heterocycles. The molecular weight excluding hydrogens is 272 g/mol. The minimum absolute atomic E-state index is 0.0619. The molecule has 0 saturated carbocycles. The zero-order chi connectivity index (χ0) is 15.4. The van der Waals surface area contributed by atoms with Crippen molar-refractivity contribution in [2.45, 2.75) is 71.4 Å². The number of rotatable bonds is 5. The van der Waals surface area contributed by atoms with Gasteiger partial charge in [-0.25, -0.2) is 0 Å². The van der Waals surface area contributed by atoms with Gasteiger partial charge in [0, 0.05) is 5.92 Å². The van der Waals surface area contributed by atoms with Crippen LogP contribution in [0, 0.1) is 17.3 Å². The minimum atomic E-state index is -0.454. The van der Waals surface area contributed by atoms with Crippen LogP contribution in [0.4, 0.5) is 0 Å². The van der Waals surface area contributed by atoms with Gasteiger partial charge in [0.1, 0.15) is 12.2 Å². The zero-order valence-electron chi connectivity index (χ0n) is 13.1. The van der Waals surface area contributed by atoms with Crippen LogP contribution in [0.2, 0.25) is 0 Å². The predicted molar refractivity (Wildman–Crippen MR) is 74.4 cm³/mol. The summed E-state index contributed by atoms with van der Waals surface area (Å²) in [4.78, 5) is 23.8. The normalized spacial score (nSPS) is 38.5. The second kappa shape index (κ2) is 4.97. The summed E-state index contributed by atoms with van der Waals surface area (Å²) < 4.78 is 16.9. The van der Waals surface area contributed by atoms with Crippen LogP contribution in [0.3, 0.4) is 0 Å². The van der Waals surface area contributed by atoms with Gasteiger partial charge < -0.3 is 14.2 Å². The molecule has 5 heteroatoms. The summed E-state index contributed by atoms with van der Waals surface area (Å²) in [6.07, 6.45) is 1.89. The molecule has 0 spiro atoms. The molecule has 5 nitrogen and oxygen atoms in total. The van der Waals surface area contributed by atoms with E-state index in [1.165, 1.54) is 0 Å². The van der Waals surface area contributed by atoms with Gasteiger partial charge in [0.25, 0.3) is 0 Å². The van der Waals surface area contributed by atoms with Crippen LogP contribution in [0.15, 0.2) is 0 Å². The Morgan fingerprint density at radius 2 is 2.14 bits per heavy atom. The maximum atomic E-state index is 12.1. The Morgan fingerprint density at radius 1 is 1.43 bits per heavy atom. The fourth-order valence-electron chi connectivity index (χ4n) is 3.58. The van der Waals surface area contributed by atoms with E-state index in [0.29, 0.717) is 6.42 Å². The second-order valence-electron chi connectivity index (χ2n) is 7.24. The van der Waals surface area contributed by atoms with Gasteiger partial charge in [0.15, 0.2) is 0 Å².